The van der Waals surface area contributed by atoms with E-state index in [0.717, 1.165) is 22.2 Å². The molecule has 0 fully saturated rings. The van der Waals surface area contributed by atoms with E-state index >= 15 is 0 Å². The Bertz CT molecular complexity index is 709. The lowest BCUT2D eigenvalue weighted by Crippen LogP contribution is -2.16. The number of aromatic amines is 2. The van der Waals surface area contributed by atoms with Gasteiger partial charge in [0.15, 0.2) is 0 Å². The Kier molecular flexibility index (Phi) is 2.53. The van der Waals surface area contributed by atoms with Crippen molar-refractivity contribution in [3.63, 3.8) is 0 Å². The number of hydrogen-bond donors (Lipinski definition) is 3. The van der Waals surface area contributed by atoms with Gasteiger partial charge in [-0.1, -0.05) is 6.07 Å². The van der Waals surface area contributed by atoms with Gasteiger partial charge in [-0.2, -0.15) is 0 Å². The van der Waals surface area contributed by atoms with Gasteiger partial charge in [0.1, 0.15) is 0 Å². The standard InChI is InChI=1S/C13H13N3O2/c1-14-12(9-4-5-18-7-9)8-2-3-10-11(6-8)16-13(17)15-10/h2-7,12,14H,1H3,(H2,15,16,17). The smallest absolute Gasteiger partial charge is 0.323 e. The average Bonchev–Trinajstić information content (AvgIpc) is 2.97. The lowest BCUT2D eigenvalue weighted by Gasteiger charge is -2.14. The molecule has 0 aliphatic carbocycles. The number of furan rings is 1. The van der Waals surface area contributed by atoms with Crippen LogP contribution in [0, 0.1) is 0 Å². The van der Waals surface area contributed by atoms with Crippen molar-refractivity contribution in [2.24, 2.45) is 0 Å². The number of nitrogens with one attached hydrogen (secondary N) is 3. The maximum absolute atomic E-state index is 11.2. The summed E-state index contributed by atoms with van der Waals surface area (Å²) in [5, 5.41) is 3.23. The summed E-state index contributed by atoms with van der Waals surface area (Å²) < 4.78 is 5.11. The highest BCUT2D eigenvalue weighted by Gasteiger charge is 2.13. The number of imidazole rings is 1. The largest absolute Gasteiger partial charge is 0.472 e. The molecule has 0 radical (unpaired) electrons. The van der Waals surface area contributed by atoms with Crippen LogP contribution >= 0.6 is 0 Å². The molecule has 0 aliphatic rings. The van der Waals surface area contributed by atoms with Crippen molar-refractivity contribution in [2.45, 2.75) is 6.04 Å². The molecule has 3 rings (SSSR count). The molecule has 2 aromatic heterocycles. The van der Waals surface area contributed by atoms with Crippen LogP contribution in [-0.2, 0) is 0 Å². The van der Waals surface area contributed by atoms with Gasteiger partial charge < -0.3 is 19.7 Å². The summed E-state index contributed by atoms with van der Waals surface area (Å²) in [5.74, 6) is 0. The van der Waals surface area contributed by atoms with Crippen molar-refractivity contribution in [3.05, 3.63) is 58.4 Å². The third kappa shape index (κ3) is 1.74. The Morgan fingerprint density at radius 3 is 2.72 bits per heavy atom. The number of hydrogen-bond acceptors (Lipinski definition) is 3. The molecular formula is C13H13N3O2. The van der Waals surface area contributed by atoms with Gasteiger partial charge in [0, 0.05) is 5.56 Å². The van der Waals surface area contributed by atoms with Crippen molar-refractivity contribution in [3.8, 4) is 0 Å². The van der Waals surface area contributed by atoms with Gasteiger partial charge in [0.25, 0.3) is 0 Å². The highest BCUT2D eigenvalue weighted by molar-refractivity contribution is 5.75. The van der Waals surface area contributed by atoms with Crippen LogP contribution < -0.4 is 11.0 Å². The number of benzene rings is 1. The van der Waals surface area contributed by atoms with Crippen LogP contribution in [0.25, 0.3) is 11.0 Å². The fourth-order valence-corrected chi connectivity index (χ4v) is 2.19. The minimum absolute atomic E-state index is 0.0477. The van der Waals surface area contributed by atoms with Gasteiger partial charge in [0.05, 0.1) is 29.6 Å². The first-order valence-electron chi connectivity index (χ1n) is 5.69. The van der Waals surface area contributed by atoms with E-state index in [1.165, 1.54) is 0 Å². The normalized spacial score (nSPS) is 12.9. The first kappa shape index (κ1) is 10.9. The molecule has 0 bridgehead atoms. The van der Waals surface area contributed by atoms with Crippen molar-refractivity contribution in [1.82, 2.24) is 15.3 Å². The van der Waals surface area contributed by atoms with E-state index in [2.05, 4.69) is 15.3 Å². The van der Waals surface area contributed by atoms with E-state index in [4.69, 9.17) is 4.42 Å². The summed E-state index contributed by atoms with van der Waals surface area (Å²) in [5.41, 5.74) is 3.55. The molecule has 1 unspecified atom stereocenters. The van der Waals surface area contributed by atoms with Crippen molar-refractivity contribution >= 4 is 11.0 Å². The maximum Gasteiger partial charge on any atom is 0.323 e. The molecule has 2 heterocycles. The fourth-order valence-electron chi connectivity index (χ4n) is 2.19. The molecule has 0 spiro atoms. The van der Waals surface area contributed by atoms with Gasteiger partial charge in [-0.3, -0.25) is 0 Å². The van der Waals surface area contributed by atoms with Gasteiger partial charge in [-0.05, 0) is 30.8 Å². The lowest BCUT2D eigenvalue weighted by molar-refractivity contribution is 0.557. The van der Waals surface area contributed by atoms with Gasteiger partial charge in [-0.25, -0.2) is 4.79 Å². The van der Waals surface area contributed by atoms with E-state index in [9.17, 15) is 4.79 Å². The molecule has 1 aromatic carbocycles. The topological polar surface area (TPSA) is 73.8 Å². The highest BCUT2D eigenvalue weighted by atomic mass is 16.3. The minimum Gasteiger partial charge on any atom is -0.472 e. The lowest BCUT2D eigenvalue weighted by atomic mass is 10.0. The predicted molar refractivity (Wildman–Crippen MR) is 68.5 cm³/mol. The molecule has 0 amide bonds. The first-order valence-corrected chi connectivity index (χ1v) is 5.69. The van der Waals surface area contributed by atoms with E-state index < -0.39 is 0 Å². The third-order valence-electron chi connectivity index (χ3n) is 3.04. The highest BCUT2D eigenvalue weighted by Crippen LogP contribution is 2.23. The molecule has 0 saturated heterocycles. The molecule has 1 atom stereocenters. The predicted octanol–water partition coefficient (Wildman–Crippen LogP) is 1.76. The summed E-state index contributed by atoms with van der Waals surface area (Å²) >= 11 is 0. The average molecular weight is 243 g/mol. The number of aromatic nitrogens is 2. The second kappa shape index (κ2) is 4.19. The van der Waals surface area contributed by atoms with Crippen molar-refractivity contribution < 1.29 is 4.42 Å². The van der Waals surface area contributed by atoms with Crippen molar-refractivity contribution in [1.29, 1.82) is 0 Å². The van der Waals surface area contributed by atoms with Crippen LogP contribution in [-0.4, -0.2) is 17.0 Å². The van der Waals surface area contributed by atoms with Gasteiger partial charge >= 0.3 is 5.69 Å². The van der Waals surface area contributed by atoms with Crippen LogP contribution in [0.1, 0.15) is 17.2 Å². The van der Waals surface area contributed by atoms with Crippen LogP contribution in [0.15, 0.2) is 46.0 Å². The second-order valence-electron chi connectivity index (χ2n) is 4.16. The van der Waals surface area contributed by atoms with Gasteiger partial charge in [-0.15, -0.1) is 0 Å². The van der Waals surface area contributed by atoms with E-state index in [0.29, 0.717) is 0 Å². The summed E-state index contributed by atoms with van der Waals surface area (Å²) in [7, 11) is 1.89. The molecule has 5 heteroatoms. The number of H-pyrrole nitrogens is 2. The zero-order valence-corrected chi connectivity index (χ0v) is 9.86. The summed E-state index contributed by atoms with van der Waals surface area (Å²) in [6.45, 7) is 0. The Labute approximate surface area is 103 Å². The van der Waals surface area contributed by atoms with Crippen LogP contribution in [0.3, 0.4) is 0 Å². The Morgan fingerprint density at radius 1 is 1.17 bits per heavy atom. The molecule has 92 valence electrons. The van der Waals surface area contributed by atoms with Crippen LogP contribution in [0.5, 0.6) is 0 Å². The maximum atomic E-state index is 11.2. The van der Waals surface area contributed by atoms with Crippen molar-refractivity contribution in [2.75, 3.05) is 7.05 Å². The summed E-state index contributed by atoms with van der Waals surface area (Å²) in [4.78, 5) is 16.7. The molecule has 0 aliphatic heterocycles. The minimum atomic E-state index is -0.188. The first-order chi connectivity index (χ1) is 8.78. The van der Waals surface area contributed by atoms with Crippen LogP contribution in [0.2, 0.25) is 0 Å². The molecule has 0 saturated carbocycles. The zero-order valence-electron chi connectivity index (χ0n) is 9.86. The fraction of sp³-hybridized carbons (Fsp3) is 0.154. The Morgan fingerprint density at radius 2 is 2.00 bits per heavy atom. The van der Waals surface area contributed by atoms with E-state index in [-0.39, 0.29) is 11.7 Å². The molecule has 3 N–H and O–H groups in total. The van der Waals surface area contributed by atoms with Gasteiger partial charge in [0.2, 0.25) is 0 Å². The zero-order chi connectivity index (χ0) is 12.5. The number of fused-ring (bicyclic) bond motifs is 1. The monoisotopic (exact) mass is 243 g/mol. The molecule has 3 aromatic rings. The second-order valence-corrected chi connectivity index (χ2v) is 4.16. The quantitative estimate of drug-likeness (QED) is 0.656. The molecular weight excluding hydrogens is 230 g/mol. The van der Waals surface area contributed by atoms with E-state index in [1.807, 2.05) is 31.3 Å². The Balaban J connectivity index is 2.09. The third-order valence-corrected chi connectivity index (χ3v) is 3.04. The Hall–Kier alpha value is -2.27. The SMILES string of the molecule is CNC(c1ccoc1)c1ccc2[nH]c(=O)[nH]c2c1. The molecule has 5 nitrogen and oxygen atoms in total. The summed E-state index contributed by atoms with van der Waals surface area (Å²) in [6.07, 6.45) is 3.36. The number of rotatable bonds is 3. The van der Waals surface area contributed by atoms with Crippen LogP contribution in [0.4, 0.5) is 0 Å². The van der Waals surface area contributed by atoms with E-state index in [1.54, 1.807) is 12.5 Å². The molecule has 18 heavy (non-hydrogen) atoms. The summed E-state index contributed by atoms with van der Waals surface area (Å²) in [6, 6.07) is 7.81.